The zero-order valence-corrected chi connectivity index (χ0v) is 18.2. The molecule has 0 saturated carbocycles. The summed E-state index contributed by atoms with van der Waals surface area (Å²) < 4.78 is 1.23. The molecule has 3 nitrogen and oxygen atoms in total. The highest BCUT2D eigenvalue weighted by molar-refractivity contribution is 7.18. The number of amidine groups is 1. The second kappa shape index (κ2) is 8.06. The van der Waals surface area contributed by atoms with Crippen molar-refractivity contribution in [3.8, 4) is 0 Å². The zero-order chi connectivity index (χ0) is 21.3. The van der Waals surface area contributed by atoms with Gasteiger partial charge in [-0.25, -0.2) is 9.98 Å². The molecule has 6 rings (SSSR count). The van der Waals surface area contributed by atoms with E-state index in [1.807, 2.05) is 6.07 Å². The molecule has 4 aromatic carbocycles. The molecule has 0 bridgehead atoms. The second-order valence-electron chi connectivity index (χ2n) is 7.86. The van der Waals surface area contributed by atoms with Crippen molar-refractivity contribution in [2.24, 2.45) is 4.99 Å². The number of nitrogens with zero attached hydrogens (tertiary/aromatic N) is 3. The number of rotatable bonds is 4. The predicted molar refractivity (Wildman–Crippen MR) is 134 cm³/mol. The normalized spacial score (nSPS) is 15.4. The lowest BCUT2D eigenvalue weighted by molar-refractivity contribution is 0.696. The van der Waals surface area contributed by atoms with Gasteiger partial charge in [0.1, 0.15) is 5.84 Å². The Labute approximate surface area is 191 Å². The van der Waals surface area contributed by atoms with Crippen molar-refractivity contribution >= 4 is 38.8 Å². The minimum atomic E-state index is 0.0990. The van der Waals surface area contributed by atoms with E-state index in [9.17, 15) is 0 Å². The van der Waals surface area contributed by atoms with E-state index in [1.165, 1.54) is 10.3 Å². The Balaban J connectivity index is 1.53. The van der Waals surface area contributed by atoms with E-state index in [0.717, 1.165) is 39.7 Å². The van der Waals surface area contributed by atoms with Gasteiger partial charge in [0.05, 0.1) is 27.0 Å². The molecule has 1 aliphatic heterocycles. The molecular formula is C28H21N3S. The number of benzene rings is 4. The van der Waals surface area contributed by atoms with E-state index in [4.69, 9.17) is 9.98 Å². The molecule has 2 heterocycles. The standard InChI is InChI=1S/C28H21N3S/c1-3-11-20(12-4-1)28-30-23-16-8-7-15-22(23)25(31(28)21-13-5-2-6-14-21)19-27-29-24-17-9-10-18-26(24)32-27/h1-18,25H,19H2. The minimum absolute atomic E-state index is 0.0990. The summed E-state index contributed by atoms with van der Waals surface area (Å²) in [6, 6.07) is 38.0. The fraction of sp³-hybridized carbons (Fsp3) is 0.0714. The van der Waals surface area contributed by atoms with E-state index in [2.05, 4.69) is 108 Å². The van der Waals surface area contributed by atoms with Gasteiger partial charge in [-0.3, -0.25) is 0 Å². The smallest absolute Gasteiger partial charge is 0.141 e. The lowest BCUT2D eigenvalue weighted by atomic mass is 9.95. The average molecular weight is 432 g/mol. The first kappa shape index (κ1) is 19.0. The third-order valence-corrected chi connectivity index (χ3v) is 6.89. The molecule has 0 spiro atoms. The van der Waals surface area contributed by atoms with Gasteiger partial charge in [0.2, 0.25) is 0 Å². The van der Waals surface area contributed by atoms with Crippen LogP contribution >= 0.6 is 11.3 Å². The van der Waals surface area contributed by atoms with E-state index >= 15 is 0 Å². The molecule has 5 aromatic rings. The summed E-state index contributed by atoms with van der Waals surface area (Å²) in [6.45, 7) is 0. The van der Waals surface area contributed by atoms with Gasteiger partial charge in [-0.15, -0.1) is 11.3 Å². The number of hydrogen-bond acceptors (Lipinski definition) is 4. The number of aliphatic imine (C=N–C) groups is 1. The molecule has 4 heteroatoms. The maximum absolute atomic E-state index is 5.13. The maximum atomic E-state index is 5.13. The van der Waals surface area contributed by atoms with Gasteiger partial charge in [0, 0.05) is 23.2 Å². The Kier molecular flexibility index (Phi) is 4.78. The molecule has 1 atom stereocenters. The van der Waals surface area contributed by atoms with Crippen molar-refractivity contribution in [1.82, 2.24) is 4.98 Å². The summed E-state index contributed by atoms with van der Waals surface area (Å²) in [5.41, 5.74) is 5.58. The third kappa shape index (κ3) is 3.39. The monoisotopic (exact) mass is 431 g/mol. The van der Waals surface area contributed by atoms with Crippen molar-refractivity contribution in [3.63, 3.8) is 0 Å². The summed E-state index contributed by atoms with van der Waals surface area (Å²) in [6.07, 6.45) is 0.817. The number of fused-ring (bicyclic) bond motifs is 2. The van der Waals surface area contributed by atoms with Crippen molar-refractivity contribution in [3.05, 3.63) is 125 Å². The van der Waals surface area contributed by atoms with Crippen LogP contribution in [0.15, 0.2) is 114 Å². The lowest BCUT2D eigenvalue weighted by Gasteiger charge is -2.38. The third-order valence-electron chi connectivity index (χ3n) is 5.83. The van der Waals surface area contributed by atoms with Crippen LogP contribution in [0.1, 0.15) is 22.2 Å². The van der Waals surface area contributed by atoms with Crippen molar-refractivity contribution in [2.45, 2.75) is 12.5 Å². The number of para-hydroxylation sites is 3. The summed E-state index contributed by atoms with van der Waals surface area (Å²) in [5.74, 6) is 0.974. The van der Waals surface area contributed by atoms with Crippen LogP contribution in [0.25, 0.3) is 10.2 Å². The topological polar surface area (TPSA) is 28.5 Å². The van der Waals surface area contributed by atoms with Crippen LogP contribution < -0.4 is 4.90 Å². The summed E-state index contributed by atoms with van der Waals surface area (Å²) in [7, 11) is 0. The molecule has 1 unspecified atom stereocenters. The number of anilines is 1. The Hall–Kier alpha value is -3.76. The van der Waals surface area contributed by atoms with E-state index in [-0.39, 0.29) is 6.04 Å². The summed E-state index contributed by atoms with van der Waals surface area (Å²) in [4.78, 5) is 12.5. The zero-order valence-electron chi connectivity index (χ0n) is 17.4. The van der Waals surface area contributed by atoms with Gasteiger partial charge in [0.25, 0.3) is 0 Å². The fourth-order valence-corrected chi connectivity index (χ4v) is 5.39. The molecule has 0 saturated heterocycles. The molecular weight excluding hydrogens is 410 g/mol. The first-order valence-electron chi connectivity index (χ1n) is 10.8. The molecule has 32 heavy (non-hydrogen) atoms. The highest BCUT2D eigenvalue weighted by Gasteiger charge is 2.32. The molecule has 0 N–H and O–H groups in total. The molecule has 0 aliphatic carbocycles. The summed E-state index contributed by atoms with van der Waals surface area (Å²) in [5, 5.41) is 1.14. The van der Waals surface area contributed by atoms with Crippen LogP contribution in [0.4, 0.5) is 11.4 Å². The maximum Gasteiger partial charge on any atom is 0.141 e. The number of thiazole rings is 1. The van der Waals surface area contributed by atoms with Gasteiger partial charge in [-0.05, 0) is 30.3 Å². The molecule has 0 radical (unpaired) electrons. The van der Waals surface area contributed by atoms with E-state index < -0.39 is 0 Å². The number of aromatic nitrogens is 1. The van der Waals surface area contributed by atoms with E-state index in [1.54, 1.807) is 11.3 Å². The largest absolute Gasteiger partial charge is 0.318 e. The van der Waals surface area contributed by atoms with E-state index in [0.29, 0.717) is 0 Å². The lowest BCUT2D eigenvalue weighted by Crippen LogP contribution is -2.39. The minimum Gasteiger partial charge on any atom is -0.318 e. The van der Waals surface area contributed by atoms with Crippen LogP contribution in [0.2, 0.25) is 0 Å². The van der Waals surface area contributed by atoms with Crippen LogP contribution in [0.5, 0.6) is 0 Å². The van der Waals surface area contributed by atoms with Crippen molar-refractivity contribution in [1.29, 1.82) is 0 Å². The Morgan fingerprint density at radius 3 is 2.22 bits per heavy atom. The highest BCUT2D eigenvalue weighted by atomic mass is 32.1. The van der Waals surface area contributed by atoms with Crippen molar-refractivity contribution < 1.29 is 0 Å². The van der Waals surface area contributed by atoms with Crippen molar-refractivity contribution in [2.75, 3.05) is 4.90 Å². The van der Waals surface area contributed by atoms with Gasteiger partial charge in [-0.1, -0.05) is 78.9 Å². The molecule has 0 amide bonds. The average Bonchev–Trinajstić information content (AvgIpc) is 3.27. The Bertz CT molecular complexity index is 1370. The van der Waals surface area contributed by atoms with Gasteiger partial charge < -0.3 is 4.90 Å². The van der Waals surface area contributed by atoms with Gasteiger partial charge in [-0.2, -0.15) is 0 Å². The molecule has 0 fully saturated rings. The second-order valence-corrected chi connectivity index (χ2v) is 8.98. The first-order chi connectivity index (χ1) is 15.9. The Morgan fingerprint density at radius 1 is 0.719 bits per heavy atom. The van der Waals surface area contributed by atoms with Gasteiger partial charge in [0.15, 0.2) is 0 Å². The fourth-order valence-electron chi connectivity index (χ4n) is 4.38. The van der Waals surface area contributed by atoms with Crippen LogP contribution in [0.3, 0.4) is 0 Å². The van der Waals surface area contributed by atoms with Crippen LogP contribution in [0, 0.1) is 0 Å². The summed E-state index contributed by atoms with van der Waals surface area (Å²) >= 11 is 1.78. The van der Waals surface area contributed by atoms with Gasteiger partial charge >= 0.3 is 0 Å². The first-order valence-corrected chi connectivity index (χ1v) is 11.6. The number of hydrogen-bond donors (Lipinski definition) is 0. The molecule has 1 aromatic heterocycles. The SMILES string of the molecule is c1ccc(C2=Nc3ccccc3C(Cc3nc4ccccc4s3)N2c2ccccc2)cc1. The van der Waals surface area contributed by atoms with Crippen LogP contribution in [-0.2, 0) is 6.42 Å². The highest BCUT2D eigenvalue weighted by Crippen LogP contribution is 2.41. The molecule has 1 aliphatic rings. The predicted octanol–water partition coefficient (Wildman–Crippen LogP) is 7.18. The quantitative estimate of drug-likeness (QED) is 0.301. The Morgan fingerprint density at radius 2 is 1.41 bits per heavy atom. The van der Waals surface area contributed by atoms with Crippen LogP contribution in [-0.4, -0.2) is 10.8 Å². The molecule has 154 valence electrons.